The first kappa shape index (κ1) is 11.2. The molecule has 0 saturated heterocycles. The number of hydrogen-bond acceptors (Lipinski definition) is 2. The number of nitrogens with zero attached hydrogens (tertiary/aromatic N) is 2. The first-order valence-electron chi connectivity index (χ1n) is 5.39. The molecule has 0 saturated carbocycles. The molecule has 2 heterocycles. The maximum atomic E-state index is 9.68. The predicted molar refractivity (Wildman–Crippen MR) is 68.9 cm³/mol. The van der Waals surface area contributed by atoms with Gasteiger partial charge in [-0.15, -0.1) is 0 Å². The van der Waals surface area contributed by atoms with E-state index in [1.54, 1.807) is 24.3 Å². The summed E-state index contributed by atoms with van der Waals surface area (Å²) in [6.07, 6.45) is 11.1. The van der Waals surface area contributed by atoms with Crippen LogP contribution < -0.4 is 0 Å². The van der Waals surface area contributed by atoms with Crippen molar-refractivity contribution in [2.24, 2.45) is 0 Å². The van der Waals surface area contributed by atoms with Crippen LogP contribution in [0.1, 0.15) is 5.69 Å². The molecular weight excluding hydrogens is 212 g/mol. The van der Waals surface area contributed by atoms with Crippen LogP contribution in [0.15, 0.2) is 67.2 Å². The van der Waals surface area contributed by atoms with Gasteiger partial charge in [-0.05, 0) is 18.2 Å². The van der Waals surface area contributed by atoms with Gasteiger partial charge in [-0.1, -0.05) is 30.9 Å². The summed E-state index contributed by atoms with van der Waals surface area (Å²) in [6.45, 7) is 3.56. The van der Waals surface area contributed by atoms with E-state index in [4.69, 9.17) is 0 Å². The lowest BCUT2D eigenvalue weighted by atomic mass is 10.2. The fourth-order valence-electron chi connectivity index (χ4n) is 1.56. The zero-order valence-electron chi connectivity index (χ0n) is 9.45. The summed E-state index contributed by atoms with van der Waals surface area (Å²) in [5, 5.41) is 9.68. The molecule has 0 bridgehead atoms. The van der Waals surface area contributed by atoms with Gasteiger partial charge in [0.05, 0.1) is 11.5 Å². The Morgan fingerprint density at radius 3 is 3.06 bits per heavy atom. The minimum Gasteiger partial charge on any atom is -0.512 e. The molecule has 0 aliphatic carbocycles. The highest BCUT2D eigenvalue weighted by Crippen LogP contribution is 2.08. The van der Waals surface area contributed by atoms with Crippen molar-refractivity contribution in [1.29, 1.82) is 0 Å². The molecule has 0 aromatic carbocycles. The zero-order valence-corrected chi connectivity index (χ0v) is 9.45. The van der Waals surface area contributed by atoms with E-state index in [1.807, 2.05) is 35.0 Å². The third-order valence-electron chi connectivity index (χ3n) is 2.31. The van der Waals surface area contributed by atoms with E-state index in [0.717, 1.165) is 11.3 Å². The second-order valence-electron chi connectivity index (χ2n) is 3.65. The largest absolute Gasteiger partial charge is 0.512 e. The van der Waals surface area contributed by atoms with Gasteiger partial charge in [0.25, 0.3) is 0 Å². The average molecular weight is 226 g/mol. The lowest BCUT2D eigenvalue weighted by molar-refractivity contribution is 0.397. The van der Waals surface area contributed by atoms with E-state index in [9.17, 15) is 5.11 Å². The molecule has 2 aromatic heterocycles. The third kappa shape index (κ3) is 2.84. The number of hydrogen-bond donors (Lipinski definition) is 1. The standard InChI is InChI=1S/C14H14N2O/c1-2-3-4-7-13(17)10-12-11-16-9-6-5-8-14(16)15-12/h2-9,11,17H,1,10H2/b4-3-,13-7+. The summed E-state index contributed by atoms with van der Waals surface area (Å²) in [5.74, 6) is 0.284. The summed E-state index contributed by atoms with van der Waals surface area (Å²) in [6, 6.07) is 5.82. The molecule has 0 amide bonds. The number of aliphatic hydroxyl groups excluding tert-OH is 1. The normalized spacial score (nSPS) is 12.4. The van der Waals surface area contributed by atoms with Crippen molar-refractivity contribution in [3.63, 3.8) is 0 Å². The number of pyridine rings is 1. The molecule has 0 radical (unpaired) electrons. The van der Waals surface area contributed by atoms with Crippen LogP contribution in [0.4, 0.5) is 0 Å². The molecule has 1 N–H and O–H groups in total. The van der Waals surface area contributed by atoms with Crippen LogP contribution in [0, 0.1) is 0 Å². The van der Waals surface area contributed by atoms with Crippen molar-refractivity contribution in [2.75, 3.05) is 0 Å². The van der Waals surface area contributed by atoms with Gasteiger partial charge in [0.15, 0.2) is 0 Å². The fourth-order valence-corrected chi connectivity index (χ4v) is 1.56. The van der Waals surface area contributed by atoms with Gasteiger partial charge in [-0.3, -0.25) is 0 Å². The molecule has 3 heteroatoms. The molecule has 2 aromatic rings. The number of aliphatic hydroxyl groups is 1. The Labute approximate surface area is 100 Å². The highest BCUT2D eigenvalue weighted by Gasteiger charge is 2.02. The molecule has 0 atom stereocenters. The van der Waals surface area contributed by atoms with Crippen LogP contribution in [-0.4, -0.2) is 14.5 Å². The van der Waals surface area contributed by atoms with E-state index in [0.29, 0.717) is 6.42 Å². The molecule has 0 aliphatic rings. The second kappa shape index (κ2) is 5.16. The molecule has 0 fully saturated rings. The first-order valence-corrected chi connectivity index (χ1v) is 5.39. The smallest absolute Gasteiger partial charge is 0.136 e. The molecule has 0 unspecified atom stereocenters. The predicted octanol–water partition coefficient (Wildman–Crippen LogP) is 3.06. The Kier molecular flexibility index (Phi) is 3.40. The average Bonchev–Trinajstić information content (AvgIpc) is 2.71. The maximum absolute atomic E-state index is 9.68. The second-order valence-corrected chi connectivity index (χ2v) is 3.65. The molecule has 2 rings (SSSR count). The lowest BCUT2D eigenvalue weighted by Gasteiger charge is -1.93. The molecule has 0 aliphatic heterocycles. The van der Waals surface area contributed by atoms with Gasteiger partial charge in [0.1, 0.15) is 5.65 Å². The molecule has 86 valence electrons. The van der Waals surface area contributed by atoms with Crippen molar-refractivity contribution in [3.8, 4) is 0 Å². The summed E-state index contributed by atoms with van der Waals surface area (Å²) in [5.41, 5.74) is 1.73. The van der Waals surface area contributed by atoms with Crippen LogP contribution in [0.25, 0.3) is 5.65 Å². The summed E-state index contributed by atoms with van der Waals surface area (Å²) in [4.78, 5) is 4.40. The van der Waals surface area contributed by atoms with Gasteiger partial charge in [-0.2, -0.15) is 0 Å². The quantitative estimate of drug-likeness (QED) is 0.642. The topological polar surface area (TPSA) is 37.5 Å². The molecule has 3 nitrogen and oxygen atoms in total. The fraction of sp³-hybridized carbons (Fsp3) is 0.0714. The van der Waals surface area contributed by atoms with E-state index >= 15 is 0 Å². The number of rotatable bonds is 4. The Hall–Kier alpha value is -2.29. The summed E-state index contributed by atoms with van der Waals surface area (Å²) in [7, 11) is 0. The van der Waals surface area contributed by atoms with Gasteiger partial charge in [0.2, 0.25) is 0 Å². The number of aromatic nitrogens is 2. The Balaban J connectivity index is 2.15. The molecule has 17 heavy (non-hydrogen) atoms. The van der Waals surface area contributed by atoms with Crippen LogP contribution in [0.3, 0.4) is 0 Å². The minimum atomic E-state index is 0.284. The third-order valence-corrected chi connectivity index (χ3v) is 2.31. The molecular formula is C14H14N2O. The van der Waals surface area contributed by atoms with Gasteiger partial charge < -0.3 is 9.51 Å². The Morgan fingerprint density at radius 2 is 2.29 bits per heavy atom. The number of fused-ring (bicyclic) bond motifs is 1. The highest BCUT2D eigenvalue weighted by molar-refractivity contribution is 5.39. The van der Waals surface area contributed by atoms with Crippen LogP contribution in [0.2, 0.25) is 0 Å². The van der Waals surface area contributed by atoms with Crippen molar-refractivity contribution < 1.29 is 5.11 Å². The monoisotopic (exact) mass is 226 g/mol. The van der Waals surface area contributed by atoms with Crippen molar-refractivity contribution in [1.82, 2.24) is 9.38 Å². The van der Waals surface area contributed by atoms with Crippen molar-refractivity contribution >= 4 is 5.65 Å². The Bertz CT molecular complexity index is 546. The summed E-state index contributed by atoms with van der Waals surface area (Å²) < 4.78 is 1.93. The van der Waals surface area contributed by atoms with Crippen LogP contribution >= 0.6 is 0 Å². The van der Waals surface area contributed by atoms with E-state index in [2.05, 4.69) is 11.6 Å². The Morgan fingerprint density at radius 1 is 1.41 bits per heavy atom. The van der Waals surface area contributed by atoms with E-state index in [-0.39, 0.29) is 5.76 Å². The SMILES string of the molecule is C=C/C=C\C=C(\O)Cc1cn2ccccc2n1. The number of allylic oxidation sites excluding steroid dienone is 5. The molecule has 0 spiro atoms. The van der Waals surface area contributed by atoms with Gasteiger partial charge in [-0.25, -0.2) is 4.98 Å². The lowest BCUT2D eigenvalue weighted by Crippen LogP contribution is -1.88. The maximum Gasteiger partial charge on any atom is 0.136 e. The van der Waals surface area contributed by atoms with E-state index < -0.39 is 0 Å². The highest BCUT2D eigenvalue weighted by atomic mass is 16.3. The van der Waals surface area contributed by atoms with Gasteiger partial charge >= 0.3 is 0 Å². The van der Waals surface area contributed by atoms with Crippen LogP contribution in [0.5, 0.6) is 0 Å². The number of imidazole rings is 1. The minimum absolute atomic E-state index is 0.284. The van der Waals surface area contributed by atoms with Crippen molar-refractivity contribution in [2.45, 2.75) is 6.42 Å². The first-order chi connectivity index (χ1) is 8.29. The summed E-state index contributed by atoms with van der Waals surface area (Å²) >= 11 is 0. The zero-order chi connectivity index (χ0) is 12.1. The van der Waals surface area contributed by atoms with Crippen LogP contribution in [-0.2, 0) is 6.42 Å². The van der Waals surface area contributed by atoms with E-state index in [1.165, 1.54) is 0 Å². The van der Waals surface area contributed by atoms with Crippen molar-refractivity contribution in [3.05, 3.63) is 72.9 Å². The van der Waals surface area contributed by atoms with Gasteiger partial charge in [0, 0.05) is 18.8 Å².